The average molecular weight is 371 g/mol. The predicted molar refractivity (Wildman–Crippen MR) is 113 cm³/mol. The highest BCUT2D eigenvalue weighted by Gasteiger charge is 2.46. The Hall–Kier alpha value is -1.35. The monoisotopic (exact) mass is 370 g/mol. The Balaban J connectivity index is 0.00000225. The summed E-state index contributed by atoms with van der Waals surface area (Å²) in [5, 5.41) is 3.21. The number of nitrogens with one attached hydrogen (secondary N) is 1. The highest BCUT2D eigenvalue weighted by molar-refractivity contribution is 5.73. The molecule has 2 aliphatic carbocycles. The van der Waals surface area contributed by atoms with Gasteiger partial charge in [0.05, 0.1) is 6.04 Å². The highest BCUT2D eigenvalue weighted by atomic mass is 16.1. The number of nitrogens with zero attached hydrogens (tertiary/aromatic N) is 1. The zero-order valence-electron chi connectivity index (χ0n) is 17.2. The maximum absolute atomic E-state index is 11.7. The summed E-state index contributed by atoms with van der Waals surface area (Å²) in [6.07, 6.45) is 12.0. The maximum Gasteiger partial charge on any atom is 0.217 e. The van der Waals surface area contributed by atoms with Crippen LogP contribution >= 0.6 is 0 Å². The van der Waals surface area contributed by atoms with Crippen LogP contribution < -0.4 is 5.32 Å². The Morgan fingerprint density at radius 1 is 1.19 bits per heavy atom. The minimum atomic E-state index is 0. The lowest BCUT2D eigenvalue weighted by atomic mass is 9.72. The first-order valence-electron chi connectivity index (χ1n) is 11.2. The summed E-state index contributed by atoms with van der Waals surface area (Å²) in [5.74, 6) is 1.08. The van der Waals surface area contributed by atoms with Gasteiger partial charge in [-0.2, -0.15) is 0 Å². The molecule has 0 radical (unpaired) electrons. The van der Waals surface area contributed by atoms with Gasteiger partial charge in [0, 0.05) is 19.8 Å². The summed E-state index contributed by atoms with van der Waals surface area (Å²) in [7, 11) is 0. The van der Waals surface area contributed by atoms with Crippen LogP contribution in [0.5, 0.6) is 0 Å². The summed E-state index contributed by atoms with van der Waals surface area (Å²) in [6.45, 7) is 6.42. The van der Waals surface area contributed by atoms with Gasteiger partial charge in [0.25, 0.3) is 0 Å². The Bertz CT molecular complexity index is 660. The van der Waals surface area contributed by atoms with Gasteiger partial charge < -0.3 is 10.2 Å². The van der Waals surface area contributed by atoms with Crippen molar-refractivity contribution in [2.75, 3.05) is 13.1 Å². The first-order chi connectivity index (χ1) is 13.1. The number of piperidine rings is 1. The van der Waals surface area contributed by atoms with Crippen molar-refractivity contribution in [2.45, 2.75) is 89.1 Å². The van der Waals surface area contributed by atoms with Crippen molar-refractivity contribution >= 4 is 5.91 Å². The number of likely N-dealkylation sites (tertiary alicyclic amines) is 1. The van der Waals surface area contributed by atoms with Gasteiger partial charge in [0.1, 0.15) is 0 Å². The summed E-state index contributed by atoms with van der Waals surface area (Å²) >= 11 is 0. The molecule has 1 heterocycles. The van der Waals surface area contributed by atoms with Crippen molar-refractivity contribution < 1.29 is 6.22 Å². The Morgan fingerprint density at radius 2 is 1.89 bits per heavy atom. The van der Waals surface area contributed by atoms with Crippen molar-refractivity contribution in [3.63, 3.8) is 0 Å². The number of benzene rings is 1. The third-order valence-corrected chi connectivity index (χ3v) is 7.66. The molecule has 1 amide bonds. The molecule has 3 heteroatoms. The van der Waals surface area contributed by atoms with Gasteiger partial charge in [-0.05, 0) is 75.1 Å². The second-order valence-electron chi connectivity index (χ2n) is 9.32. The molecule has 150 valence electrons. The Labute approximate surface area is 166 Å². The molecular weight excluding hydrogens is 332 g/mol. The minimum Gasteiger partial charge on any atom is -0.349 e. The van der Waals surface area contributed by atoms with E-state index in [4.69, 9.17) is 0 Å². The summed E-state index contributed by atoms with van der Waals surface area (Å²) < 4.78 is 0. The van der Waals surface area contributed by atoms with Crippen LogP contribution in [0.25, 0.3) is 0 Å². The lowest BCUT2D eigenvalue weighted by Gasteiger charge is -2.45. The zero-order chi connectivity index (χ0) is 18.9. The molecular formula is C24H38N2O. The van der Waals surface area contributed by atoms with Crippen molar-refractivity contribution in [1.29, 1.82) is 0 Å². The van der Waals surface area contributed by atoms with Crippen LogP contribution in [0.15, 0.2) is 24.3 Å². The van der Waals surface area contributed by atoms with Crippen LogP contribution in [-0.4, -0.2) is 29.9 Å². The van der Waals surface area contributed by atoms with E-state index in [-0.39, 0.29) is 18.8 Å². The molecule has 1 spiro atoms. The lowest BCUT2D eigenvalue weighted by molar-refractivity contribution is -0.119. The number of fused-ring (bicyclic) bond motifs is 2. The van der Waals surface area contributed by atoms with Crippen molar-refractivity contribution in [3.8, 4) is 0 Å². The first kappa shape index (κ1) is 19.0. The van der Waals surface area contributed by atoms with Crippen molar-refractivity contribution in [2.24, 2.45) is 5.92 Å². The molecule has 1 aliphatic heterocycles. The second-order valence-corrected chi connectivity index (χ2v) is 9.32. The molecule has 0 unspecified atom stereocenters. The first-order valence-corrected chi connectivity index (χ1v) is 11.2. The second kappa shape index (κ2) is 7.95. The zero-order valence-corrected chi connectivity index (χ0v) is 17.2. The smallest absolute Gasteiger partial charge is 0.217 e. The van der Waals surface area contributed by atoms with E-state index in [2.05, 4.69) is 41.4 Å². The Kier molecular flexibility index (Phi) is 5.59. The number of hydrogen-bond donors (Lipinski definition) is 1. The summed E-state index contributed by atoms with van der Waals surface area (Å²) in [5.41, 5.74) is 3.15. The van der Waals surface area contributed by atoms with Crippen LogP contribution in [0.4, 0.5) is 0 Å². The fourth-order valence-electron chi connectivity index (χ4n) is 6.27. The van der Waals surface area contributed by atoms with Gasteiger partial charge in [-0.25, -0.2) is 0 Å². The van der Waals surface area contributed by atoms with Crippen LogP contribution in [0, 0.1) is 5.92 Å². The van der Waals surface area contributed by atoms with Crippen molar-refractivity contribution in [3.05, 3.63) is 35.4 Å². The van der Waals surface area contributed by atoms with Gasteiger partial charge in [0.15, 0.2) is 0 Å². The molecule has 0 bridgehead atoms. The number of hydrogen-bond acceptors (Lipinski definition) is 2. The maximum atomic E-state index is 11.7. The highest BCUT2D eigenvalue weighted by Crippen LogP contribution is 2.51. The SMILES string of the molecule is CCCC1CCC(N2CCC3(CC2)C[C@H](NC(C)=O)c2ccccc23)CC1.[HH]. The van der Waals surface area contributed by atoms with Gasteiger partial charge in [-0.3, -0.25) is 4.79 Å². The normalized spacial score (nSPS) is 30.2. The molecule has 1 saturated heterocycles. The van der Waals surface area contributed by atoms with E-state index in [0.29, 0.717) is 0 Å². The third kappa shape index (κ3) is 3.81. The van der Waals surface area contributed by atoms with Crippen LogP contribution in [0.1, 0.15) is 90.2 Å². The van der Waals surface area contributed by atoms with Gasteiger partial charge >= 0.3 is 0 Å². The van der Waals surface area contributed by atoms with E-state index in [1.165, 1.54) is 75.6 Å². The fourth-order valence-corrected chi connectivity index (χ4v) is 6.27. The number of carbonyl (C=O) groups is 1. The molecule has 1 aromatic rings. The summed E-state index contributed by atoms with van der Waals surface area (Å²) in [6, 6.07) is 9.87. The molecule has 2 fully saturated rings. The van der Waals surface area contributed by atoms with Crippen LogP contribution in [-0.2, 0) is 10.2 Å². The van der Waals surface area contributed by atoms with Gasteiger partial charge in [-0.1, -0.05) is 44.0 Å². The quantitative estimate of drug-likeness (QED) is 0.789. The van der Waals surface area contributed by atoms with E-state index < -0.39 is 0 Å². The fraction of sp³-hybridized carbons (Fsp3) is 0.708. The summed E-state index contributed by atoms with van der Waals surface area (Å²) in [4.78, 5) is 14.5. The molecule has 1 N–H and O–H groups in total. The lowest BCUT2D eigenvalue weighted by Crippen LogP contribution is -2.47. The van der Waals surface area contributed by atoms with E-state index >= 15 is 0 Å². The van der Waals surface area contributed by atoms with Gasteiger partial charge in [0.2, 0.25) is 5.91 Å². The van der Waals surface area contributed by atoms with E-state index in [1.54, 1.807) is 6.92 Å². The molecule has 1 aromatic carbocycles. The van der Waals surface area contributed by atoms with E-state index in [9.17, 15) is 4.79 Å². The molecule has 27 heavy (non-hydrogen) atoms. The molecule has 1 atom stereocenters. The molecule has 0 aromatic heterocycles. The molecule has 3 aliphatic rings. The molecule has 4 rings (SSSR count). The predicted octanol–water partition coefficient (Wildman–Crippen LogP) is 5.21. The average Bonchev–Trinajstić information content (AvgIpc) is 2.96. The Morgan fingerprint density at radius 3 is 2.56 bits per heavy atom. The van der Waals surface area contributed by atoms with Crippen LogP contribution in [0.2, 0.25) is 0 Å². The topological polar surface area (TPSA) is 32.3 Å². The standard InChI is InChI=1S/C24H36N2O.H2/c1-3-6-19-9-11-20(12-10-19)26-15-13-24(14-16-26)17-23(25-18(2)27)21-7-4-5-8-22(21)24;/h4-5,7-8,19-20,23H,3,6,9-17H2,1-2H3,(H,25,27);1H/t19?,20?,23-;/m0./s1. The van der Waals surface area contributed by atoms with Crippen LogP contribution in [0.3, 0.4) is 0 Å². The number of rotatable bonds is 4. The third-order valence-electron chi connectivity index (χ3n) is 7.66. The minimum absolute atomic E-state index is 0. The number of amides is 1. The van der Waals surface area contributed by atoms with Gasteiger partial charge in [-0.15, -0.1) is 0 Å². The van der Waals surface area contributed by atoms with Crippen molar-refractivity contribution in [1.82, 2.24) is 10.2 Å². The van der Waals surface area contributed by atoms with E-state index in [1.807, 2.05) is 0 Å². The number of carbonyl (C=O) groups excluding carboxylic acids is 1. The largest absolute Gasteiger partial charge is 0.349 e. The molecule has 3 nitrogen and oxygen atoms in total. The van der Waals surface area contributed by atoms with E-state index in [0.717, 1.165) is 18.4 Å². The molecule has 1 saturated carbocycles.